The molecule has 4 nitrogen and oxygen atoms in total. The maximum atomic E-state index is 12.5. The third-order valence-electron chi connectivity index (χ3n) is 6.95. The summed E-state index contributed by atoms with van der Waals surface area (Å²) >= 11 is 0. The molecular weight excluding hydrogens is 304 g/mol. The first-order valence-corrected chi connectivity index (χ1v) is 9.75. The van der Waals surface area contributed by atoms with Gasteiger partial charge in [-0.25, -0.2) is 0 Å². The summed E-state index contributed by atoms with van der Waals surface area (Å²) in [4.78, 5) is 23.6. The summed E-state index contributed by atoms with van der Waals surface area (Å²) in [6.45, 7) is 4.25. The normalized spacial score (nSPS) is 46.5. The highest BCUT2D eigenvalue weighted by molar-refractivity contribution is 5.74. The van der Waals surface area contributed by atoms with Crippen LogP contribution >= 0.6 is 0 Å². The average molecular weight is 332 g/mol. The minimum absolute atomic E-state index is 0.0411. The number of allylic oxidation sites excluding steroid dienone is 2. The van der Waals surface area contributed by atoms with Crippen molar-refractivity contribution >= 4 is 11.9 Å². The fourth-order valence-electron chi connectivity index (χ4n) is 6.27. The van der Waals surface area contributed by atoms with Gasteiger partial charge in [-0.1, -0.05) is 26.0 Å². The molecule has 3 saturated carbocycles. The van der Waals surface area contributed by atoms with Crippen molar-refractivity contribution in [1.82, 2.24) is 0 Å². The maximum absolute atomic E-state index is 12.5. The van der Waals surface area contributed by atoms with Crippen molar-refractivity contribution in [2.24, 2.45) is 41.4 Å². The minimum atomic E-state index is -0.215. The maximum Gasteiger partial charge on any atom is 0.309 e. The molecule has 24 heavy (non-hydrogen) atoms. The van der Waals surface area contributed by atoms with E-state index >= 15 is 0 Å². The number of hydrogen-bond donors (Lipinski definition) is 0. The second-order valence-corrected chi connectivity index (χ2v) is 7.89. The van der Waals surface area contributed by atoms with Gasteiger partial charge in [0.1, 0.15) is 12.7 Å². The molecule has 0 aromatic carbocycles. The van der Waals surface area contributed by atoms with Crippen molar-refractivity contribution < 1.29 is 19.1 Å². The molecule has 4 aliphatic carbocycles. The number of hydrogen-bond acceptors (Lipinski definition) is 4. The molecule has 0 amide bonds. The van der Waals surface area contributed by atoms with E-state index in [4.69, 9.17) is 9.47 Å². The Balaban J connectivity index is 0.000000704. The lowest BCUT2D eigenvalue weighted by atomic mass is 9.69. The summed E-state index contributed by atoms with van der Waals surface area (Å²) in [5, 5.41) is 0. The highest BCUT2D eigenvalue weighted by Gasteiger charge is 2.62. The van der Waals surface area contributed by atoms with Gasteiger partial charge >= 0.3 is 11.9 Å². The van der Waals surface area contributed by atoms with Gasteiger partial charge in [0, 0.05) is 6.42 Å². The van der Waals surface area contributed by atoms with Gasteiger partial charge in [-0.05, 0) is 61.2 Å². The predicted octanol–water partition coefficient (Wildman–Crippen LogP) is 3.36. The van der Waals surface area contributed by atoms with E-state index < -0.39 is 0 Å². The van der Waals surface area contributed by atoms with Crippen LogP contribution in [0.15, 0.2) is 12.2 Å². The van der Waals surface area contributed by atoms with Crippen LogP contribution in [0.4, 0.5) is 0 Å². The first-order chi connectivity index (χ1) is 11.7. The summed E-state index contributed by atoms with van der Waals surface area (Å²) in [7, 11) is 0. The lowest BCUT2D eigenvalue weighted by Gasteiger charge is -2.35. The monoisotopic (exact) mass is 332 g/mol. The van der Waals surface area contributed by atoms with E-state index in [0.717, 1.165) is 36.0 Å². The molecule has 4 fully saturated rings. The van der Waals surface area contributed by atoms with Crippen LogP contribution in [0.3, 0.4) is 0 Å². The van der Waals surface area contributed by atoms with Gasteiger partial charge in [-0.15, -0.1) is 0 Å². The number of ether oxygens (including phenoxy) is 2. The van der Waals surface area contributed by atoms with E-state index in [0.29, 0.717) is 18.8 Å². The number of carbonyl (C=O) groups excluding carboxylic acids is 2. The summed E-state index contributed by atoms with van der Waals surface area (Å²) in [6, 6.07) is 0. The summed E-state index contributed by atoms with van der Waals surface area (Å²) in [6.07, 6.45) is 9.31. The molecule has 4 heteroatoms. The quantitative estimate of drug-likeness (QED) is 0.452. The number of fused-ring (bicyclic) bond motifs is 9. The van der Waals surface area contributed by atoms with Crippen LogP contribution < -0.4 is 0 Å². The molecule has 1 aliphatic heterocycles. The van der Waals surface area contributed by atoms with E-state index in [1.54, 1.807) is 0 Å². The molecule has 0 aromatic heterocycles. The molecule has 0 spiro atoms. The third kappa shape index (κ3) is 2.41. The molecule has 8 unspecified atom stereocenters. The largest absolute Gasteiger partial charge is 0.462 e. The Morgan fingerprint density at radius 2 is 1.92 bits per heavy atom. The Morgan fingerprint density at radius 1 is 1.17 bits per heavy atom. The molecule has 0 radical (unpaired) electrons. The fraction of sp³-hybridized carbons (Fsp3) is 0.800. The molecule has 1 saturated heterocycles. The van der Waals surface area contributed by atoms with Gasteiger partial charge in [-0.3, -0.25) is 9.59 Å². The zero-order valence-corrected chi connectivity index (χ0v) is 14.6. The Kier molecular flexibility index (Phi) is 4.17. The van der Waals surface area contributed by atoms with Crippen LogP contribution in [0.25, 0.3) is 0 Å². The molecule has 4 bridgehead atoms. The van der Waals surface area contributed by atoms with Crippen LogP contribution in [0.5, 0.6) is 0 Å². The Morgan fingerprint density at radius 3 is 2.62 bits per heavy atom. The van der Waals surface area contributed by atoms with Gasteiger partial charge < -0.3 is 9.47 Å². The second-order valence-electron chi connectivity index (χ2n) is 7.89. The molecule has 0 N–H and O–H groups in total. The van der Waals surface area contributed by atoms with E-state index in [9.17, 15) is 9.59 Å². The molecule has 0 aromatic rings. The average Bonchev–Trinajstić information content (AvgIpc) is 3.38. The molecule has 1 heterocycles. The topological polar surface area (TPSA) is 52.6 Å². The number of carbonyl (C=O) groups is 2. The van der Waals surface area contributed by atoms with Crippen LogP contribution in [0.2, 0.25) is 0 Å². The predicted molar refractivity (Wildman–Crippen MR) is 88.8 cm³/mol. The number of rotatable bonds is 3. The van der Waals surface area contributed by atoms with Crippen LogP contribution in [0.1, 0.15) is 46.0 Å². The van der Waals surface area contributed by atoms with Crippen molar-refractivity contribution in [3.05, 3.63) is 12.2 Å². The minimum Gasteiger partial charge on any atom is -0.462 e. The molecule has 8 atom stereocenters. The van der Waals surface area contributed by atoms with Gasteiger partial charge in [0.05, 0.1) is 5.92 Å². The molecular formula is C20H28O4. The Hall–Kier alpha value is -1.32. The third-order valence-corrected chi connectivity index (χ3v) is 6.95. The zero-order valence-electron chi connectivity index (χ0n) is 14.6. The standard InChI is InChI=1S/C18H22O4.C2H6/c19-15-4-3-12(22-15)8-21-18(20)14-7-11-6-13(14)17-10-2-1-9(5-10)16(11)17;1-2/h1-2,9-14,16-17H,3-8H2;1-2H3. The summed E-state index contributed by atoms with van der Waals surface area (Å²) < 4.78 is 10.6. The summed E-state index contributed by atoms with van der Waals surface area (Å²) in [5.41, 5.74) is 0. The van der Waals surface area contributed by atoms with Gasteiger partial charge in [0.15, 0.2) is 0 Å². The number of esters is 2. The smallest absolute Gasteiger partial charge is 0.309 e. The van der Waals surface area contributed by atoms with Gasteiger partial charge in [0.25, 0.3) is 0 Å². The SMILES string of the molecule is CC.O=C1CCC(COC(=O)C2CC3CC2C2C4C=CC(C4)C32)O1. The lowest BCUT2D eigenvalue weighted by Crippen LogP contribution is -2.36. The highest BCUT2D eigenvalue weighted by atomic mass is 16.6. The van der Waals surface area contributed by atoms with E-state index in [2.05, 4.69) is 12.2 Å². The van der Waals surface area contributed by atoms with Crippen molar-refractivity contribution in [3.63, 3.8) is 0 Å². The Labute approximate surface area is 144 Å². The fourth-order valence-corrected chi connectivity index (χ4v) is 6.27. The van der Waals surface area contributed by atoms with E-state index in [1.807, 2.05) is 13.8 Å². The van der Waals surface area contributed by atoms with Gasteiger partial charge in [0.2, 0.25) is 0 Å². The lowest BCUT2D eigenvalue weighted by molar-refractivity contribution is -0.158. The number of cyclic esters (lactones) is 1. The van der Waals surface area contributed by atoms with Crippen LogP contribution in [-0.2, 0) is 19.1 Å². The first-order valence-electron chi connectivity index (χ1n) is 9.75. The second kappa shape index (κ2) is 6.20. The molecule has 132 valence electrons. The van der Waals surface area contributed by atoms with Gasteiger partial charge in [-0.2, -0.15) is 0 Å². The van der Waals surface area contributed by atoms with Crippen molar-refractivity contribution in [2.45, 2.75) is 52.1 Å². The Bertz CT molecular complexity index is 554. The highest BCUT2D eigenvalue weighted by Crippen LogP contribution is 2.67. The zero-order chi connectivity index (χ0) is 16.8. The van der Waals surface area contributed by atoms with Crippen molar-refractivity contribution in [1.29, 1.82) is 0 Å². The van der Waals surface area contributed by atoms with Crippen molar-refractivity contribution in [2.75, 3.05) is 6.61 Å². The van der Waals surface area contributed by atoms with E-state index in [-0.39, 0.29) is 30.6 Å². The van der Waals surface area contributed by atoms with Crippen LogP contribution in [-0.4, -0.2) is 24.6 Å². The summed E-state index contributed by atoms with van der Waals surface area (Å²) in [5.74, 6) is 4.24. The molecule has 5 rings (SSSR count). The first kappa shape index (κ1) is 16.2. The molecule has 5 aliphatic rings. The van der Waals surface area contributed by atoms with Crippen LogP contribution in [0, 0.1) is 41.4 Å². The van der Waals surface area contributed by atoms with E-state index in [1.165, 1.54) is 12.8 Å². The van der Waals surface area contributed by atoms with Crippen molar-refractivity contribution in [3.8, 4) is 0 Å².